The van der Waals surface area contributed by atoms with E-state index in [1.54, 1.807) is 6.07 Å². The maximum absolute atomic E-state index is 11.0. The molecule has 51 heavy (non-hydrogen) atoms. The highest BCUT2D eigenvalue weighted by Crippen LogP contribution is 2.42. The predicted octanol–water partition coefficient (Wildman–Crippen LogP) is 12.6. The molecule has 8 aromatic rings. The zero-order chi connectivity index (χ0) is 35.4. The minimum Gasteiger partial charge on any atom is -0.507 e. The van der Waals surface area contributed by atoms with Crippen LogP contribution in [-0.2, 0) is 5.41 Å². The lowest BCUT2D eigenvalue weighted by molar-refractivity contribution is 0.473. The smallest absolute Gasteiger partial charge is 0.231 e. The largest absolute Gasteiger partial charge is 0.507 e. The van der Waals surface area contributed by atoms with Gasteiger partial charge < -0.3 is 9.52 Å². The monoisotopic (exact) mass is 664 g/mol. The molecule has 8 rings (SSSR count). The van der Waals surface area contributed by atoms with Gasteiger partial charge in [-0.15, -0.1) is 0 Å². The highest BCUT2D eigenvalue weighted by atomic mass is 16.3. The summed E-state index contributed by atoms with van der Waals surface area (Å²) in [6.07, 6.45) is 1.90. The van der Waals surface area contributed by atoms with Crippen LogP contribution in [0.4, 0.5) is 0 Å². The summed E-state index contributed by atoms with van der Waals surface area (Å²) in [5.74, 6) is 0.536. The third-order valence-corrected chi connectivity index (χ3v) is 9.89. The summed E-state index contributed by atoms with van der Waals surface area (Å²) in [5.41, 5.74) is 16.3. The number of aromatic nitrogens is 2. The normalized spacial score (nSPS) is 11.8. The van der Waals surface area contributed by atoms with Crippen LogP contribution in [0.5, 0.6) is 5.75 Å². The lowest BCUT2D eigenvalue weighted by atomic mass is 9.86. The summed E-state index contributed by atoms with van der Waals surface area (Å²) >= 11 is 0. The Labute approximate surface area is 299 Å². The van der Waals surface area contributed by atoms with Gasteiger partial charge >= 0.3 is 0 Å². The molecule has 0 aliphatic heterocycles. The van der Waals surface area contributed by atoms with Crippen molar-refractivity contribution in [3.63, 3.8) is 0 Å². The van der Waals surface area contributed by atoms with E-state index in [2.05, 4.69) is 139 Å². The number of rotatable bonds is 5. The number of oxazole rings is 1. The number of hydrogen-bond acceptors (Lipinski definition) is 4. The number of para-hydroxylation sites is 1. The van der Waals surface area contributed by atoms with Crippen LogP contribution in [0.25, 0.3) is 78.0 Å². The molecule has 0 unspecified atom stereocenters. The Hall–Kier alpha value is -6.00. The standard InChI is InChI=1S/C47H40N2O2/c1-28-22-29(2)43(30(3)23-28)34-25-39(45-42(26-34)51-46(49-45)40-27-35(47(4,5)6)18-19-41(40)50)33-15-10-14-32(24-33)37-16-11-17-38-36(20-21-48-44(37)38)31-12-8-7-9-13-31/h7-27,50H,1-6H3. The van der Waals surface area contributed by atoms with Crippen molar-refractivity contribution in [3.05, 3.63) is 150 Å². The highest BCUT2D eigenvalue weighted by molar-refractivity contribution is 6.03. The first-order valence-corrected chi connectivity index (χ1v) is 17.5. The lowest BCUT2D eigenvalue weighted by Gasteiger charge is -2.19. The molecule has 0 aliphatic carbocycles. The molecular weight excluding hydrogens is 625 g/mol. The fourth-order valence-corrected chi connectivity index (χ4v) is 7.45. The number of aryl methyl sites for hydroxylation is 3. The van der Waals surface area contributed by atoms with Crippen LogP contribution in [0, 0.1) is 20.8 Å². The molecule has 0 radical (unpaired) electrons. The maximum Gasteiger partial charge on any atom is 0.231 e. The molecule has 4 heteroatoms. The van der Waals surface area contributed by atoms with Crippen molar-refractivity contribution in [2.45, 2.75) is 47.0 Å². The van der Waals surface area contributed by atoms with Crippen LogP contribution < -0.4 is 0 Å². The number of phenols is 1. The van der Waals surface area contributed by atoms with Gasteiger partial charge in [0.25, 0.3) is 0 Å². The van der Waals surface area contributed by atoms with Gasteiger partial charge in [0.05, 0.1) is 11.1 Å². The van der Waals surface area contributed by atoms with Gasteiger partial charge in [-0.1, -0.05) is 111 Å². The Morgan fingerprint density at radius 2 is 1.27 bits per heavy atom. The van der Waals surface area contributed by atoms with Gasteiger partial charge in [-0.3, -0.25) is 4.98 Å². The van der Waals surface area contributed by atoms with E-state index in [0.29, 0.717) is 17.0 Å². The predicted molar refractivity (Wildman–Crippen MR) is 211 cm³/mol. The molecule has 0 fully saturated rings. The molecule has 250 valence electrons. The Morgan fingerprint density at radius 1 is 0.569 bits per heavy atom. The van der Waals surface area contributed by atoms with E-state index in [9.17, 15) is 5.11 Å². The molecule has 0 spiro atoms. The molecule has 0 atom stereocenters. The zero-order valence-electron chi connectivity index (χ0n) is 29.9. The van der Waals surface area contributed by atoms with Crippen LogP contribution in [0.3, 0.4) is 0 Å². The average Bonchev–Trinajstić information content (AvgIpc) is 3.54. The average molecular weight is 665 g/mol. The third kappa shape index (κ3) is 5.87. The minimum atomic E-state index is -0.105. The molecule has 2 aromatic heterocycles. The van der Waals surface area contributed by atoms with Gasteiger partial charge in [-0.2, -0.15) is 0 Å². The SMILES string of the molecule is Cc1cc(C)c(-c2cc(-c3cccc(-c4cccc5c(-c6ccccc6)ccnc45)c3)c3nc(-c4cc(C(C)(C)C)ccc4O)oc3c2)c(C)c1. The van der Waals surface area contributed by atoms with Crippen molar-refractivity contribution in [1.82, 2.24) is 9.97 Å². The number of pyridine rings is 1. The van der Waals surface area contributed by atoms with E-state index in [0.717, 1.165) is 60.9 Å². The van der Waals surface area contributed by atoms with Gasteiger partial charge in [0, 0.05) is 22.7 Å². The Bertz CT molecular complexity index is 2580. The summed E-state index contributed by atoms with van der Waals surface area (Å²) in [5, 5.41) is 12.1. The van der Waals surface area contributed by atoms with Crippen molar-refractivity contribution in [1.29, 1.82) is 0 Å². The molecule has 0 saturated heterocycles. The van der Waals surface area contributed by atoms with E-state index in [1.807, 2.05) is 24.4 Å². The van der Waals surface area contributed by atoms with Gasteiger partial charge in [-0.05, 0) is 113 Å². The first-order chi connectivity index (χ1) is 24.5. The van der Waals surface area contributed by atoms with Crippen molar-refractivity contribution >= 4 is 22.0 Å². The third-order valence-electron chi connectivity index (χ3n) is 9.89. The summed E-state index contributed by atoms with van der Waals surface area (Å²) in [7, 11) is 0. The molecule has 4 nitrogen and oxygen atoms in total. The second-order valence-electron chi connectivity index (χ2n) is 14.7. The zero-order valence-corrected chi connectivity index (χ0v) is 29.9. The number of benzene rings is 6. The topological polar surface area (TPSA) is 59.2 Å². The Balaban J connectivity index is 1.34. The highest BCUT2D eigenvalue weighted by Gasteiger charge is 2.22. The molecule has 1 N–H and O–H groups in total. The quantitative estimate of drug-likeness (QED) is 0.199. The maximum atomic E-state index is 11.0. The molecule has 6 aromatic carbocycles. The van der Waals surface area contributed by atoms with E-state index < -0.39 is 0 Å². The van der Waals surface area contributed by atoms with E-state index in [4.69, 9.17) is 14.4 Å². The van der Waals surface area contributed by atoms with Crippen molar-refractivity contribution < 1.29 is 9.52 Å². The van der Waals surface area contributed by atoms with Crippen LogP contribution in [0.2, 0.25) is 0 Å². The molecular formula is C47H40N2O2. The second kappa shape index (κ2) is 12.4. The van der Waals surface area contributed by atoms with E-state index in [1.165, 1.54) is 22.3 Å². The van der Waals surface area contributed by atoms with Gasteiger partial charge in [0.1, 0.15) is 11.3 Å². The van der Waals surface area contributed by atoms with Crippen LogP contribution in [0.1, 0.15) is 43.0 Å². The van der Waals surface area contributed by atoms with Crippen molar-refractivity contribution in [3.8, 4) is 61.7 Å². The molecule has 0 amide bonds. The summed E-state index contributed by atoms with van der Waals surface area (Å²) in [6.45, 7) is 12.9. The second-order valence-corrected chi connectivity index (χ2v) is 14.7. The first-order valence-electron chi connectivity index (χ1n) is 17.5. The number of hydrogen-bond donors (Lipinski definition) is 1. The molecule has 2 heterocycles. The number of nitrogens with zero attached hydrogens (tertiary/aromatic N) is 2. The Kier molecular flexibility index (Phi) is 7.83. The van der Waals surface area contributed by atoms with Crippen LogP contribution >= 0.6 is 0 Å². The van der Waals surface area contributed by atoms with Crippen LogP contribution in [-0.4, -0.2) is 15.1 Å². The fourth-order valence-electron chi connectivity index (χ4n) is 7.45. The Morgan fingerprint density at radius 3 is 2.02 bits per heavy atom. The van der Waals surface area contributed by atoms with Gasteiger partial charge in [-0.25, -0.2) is 4.98 Å². The van der Waals surface area contributed by atoms with Crippen molar-refractivity contribution in [2.75, 3.05) is 0 Å². The first kappa shape index (κ1) is 32.2. The summed E-state index contributed by atoms with van der Waals surface area (Å²) in [6, 6.07) is 42.1. The molecule has 0 bridgehead atoms. The summed E-state index contributed by atoms with van der Waals surface area (Å²) < 4.78 is 6.58. The lowest BCUT2D eigenvalue weighted by Crippen LogP contribution is -2.10. The van der Waals surface area contributed by atoms with Gasteiger partial charge in [0.2, 0.25) is 5.89 Å². The van der Waals surface area contributed by atoms with Gasteiger partial charge in [0.15, 0.2) is 5.58 Å². The van der Waals surface area contributed by atoms with Crippen LogP contribution in [0.15, 0.2) is 132 Å². The molecule has 0 aliphatic rings. The summed E-state index contributed by atoms with van der Waals surface area (Å²) in [4.78, 5) is 9.99. The van der Waals surface area contributed by atoms with E-state index >= 15 is 0 Å². The minimum absolute atomic E-state index is 0.105. The fraction of sp³-hybridized carbons (Fsp3) is 0.149. The number of phenolic OH excluding ortho intramolecular Hbond substituents is 1. The number of aromatic hydroxyl groups is 1. The molecule has 0 saturated carbocycles. The van der Waals surface area contributed by atoms with E-state index in [-0.39, 0.29) is 11.2 Å². The van der Waals surface area contributed by atoms with Crippen molar-refractivity contribution in [2.24, 2.45) is 0 Å². The number of fused-ring (bicyclic) bond motifs is 2.